The van der Waals surface area contributed by atoms with Gasteiger partial charge in [-0.1, -0.05) is 0 Å². The van der Waals surface area contributed by atoms with E-state index in [1.807, 2.05) is 0 Å². The molecule has 0 amide bonds. The smallest absolute Gasteiger partial charge is 0.262 e. The average Bonchev–Trinajstić information content (AvgIpc) is 2.54. The Morgan fingerprint density at radius 2 is 2.38 bits per heavy atom. The largest absolute Gasteiger partial charge is 0.434 e. The van der Waals surface area contributed by atoms with Crippen molar-refractivity contribution in [3.63, 3.8) is 0 Å². The number of anilines is 1. The summed E-state index contributed by atoms with van der Waals surface area (Å²) in [6.07, 6.45) is 4.73. The van der Waals surface area contributed by atoms with Crippen molar-refractivity contribution in [1.82, 2.24) is 15.0 Å². The molecule has 0 saturated carbocycles. The van der Waals surface area contributed by atoms with Crippen LogP contribution in [0.1, 0.15) is 0 Å². The molecule has 5 nitrogen and oxygen atoms in total. The predicted molar refractivity (Wildman–Crippen MR) is 47.3 cm³/mol. The van der Waals surface area contributed by atoms with Gasteiger partial charge in [0.15, 0.2) is 5.82 Å². The number of imidazole rings is 1. The first-order valence-corrected chi connectivity index (χ1v) is 3.73. The molecule has 0 saturated heterocycles. The molecule has 0 spiro atoms. The fourth-order valence-electron chi connectivity index (χ4n) is 0.892. The number of hydrogen-bond donors (Lipinski definition) is 2. The maximum Gasteiger partial charge on any atom is 0.262 e. The number of nitrogens with zero attached hydrogens (tertiary/aromatic N) is 2. The average molecular weight is 176 g/mol. The van der Waals surface area contributed by atoms with Crippen LogP contribution in [-0.2, 0) is 0 Å². The molecule has 5 heteroatoms. The quantitative estimate of drug-likeness (QED) is 0.720. The maximum absolute atomic E-state index is 5.52. The molecule has 2 aromatic rings. The molecule has 66 valence electrons. The van der Waals surface area contributed by atoms with Crippen molar-refractivity contribution in [2.75, 3.05) is 5.73 Å². The molecule has 0 unspecified atom stereocenters. The molecule has 0 aliphatic rings. The second kappa shape index (κ2) is 3.14. The van der Waals surface area contributed by atoms with Crippen LogP contribution in [0.2, 0.25) is 0 Å². The van der Waals surface area contributed by atoms with Crippen LogP contribution in [0.15, 0.2) is 30.9 Å². The van der Waals surface area contributed by atoms with Crippen molar-refractivity contribution in [3.05, 3.63) is 30.9 Å². The number of pyridine rings is 1. The SMILES string of the molecule is Nc1[nH]cnc1Oc1cccnc1. The van der Waals surface area contributed by atoms with Crippen LogP contribution < -0.4 is 10.5 Å². The number of H-pyrrole nitrogens is 1. The van der Waals surface area contributed by atoms with Crippen LogP contribution in [0.4, 0.5) is 5.82 Å². The maximum atomic E-state index is 5.52. The van der Waals surface area contributed by atoms with Gasteiger partial charge < -0.3 is 15.5 Å². The first kappa shape index (κ1) is 7.60. The fraction of sp³-hybridized carbons (Fsp3) is 0. The lowest BCUT2D eigenvalue weighted by Gasteiger charge is -2.00. The van der Waals surface area contributed by atoms with Crippen LogP contribution in [0.25, 0.3) is 0 Å². The van der Waals surface area contributed by atoms with Crippen LogP contribution in [0.5, 0.6) is 11.6 Å². The number of aromatic amines is 1. The van der Waals surface area contributed by atoms with E-state index in [0.717, 1.165) is 0 Å². The van der Waals surface area contributed by atoms with E-state index >= 15 is 0 Å². The van der Waals surface area contributed by atoms with Gasteiger partial charge in [-0.2, -0.15) is 0 Å². The van der Waals surface area contributed by atoms with Gasteiger partial charge in [-0.3, -0.25) is 4.98 Å². The lowest BCUT2D eigenvalue weighted by molar-refractivity contribution is 0.466. The van der Waals surface area contributed by atoms with E-state index in [4.69, 9.17) is 10.5 Å². The van der Waals surface area contributed by atoms with Crippen molar-refractivity contribution in [1.29, 1.82) is 0 Å². The van der Waals surface area contributed by atoms with E-state index in [0.29, 0.717) is 17.4 Å². The molecule has 0 atom stereocenters. The molecule has 0 aliphatic carbocycles. The molecule has 2 heterocycles. The Bertz CT molecular complexity index is 384. The third-order valence-electron chi connectivity index (χ3n) is 1.48. The molecular weight excluding hydrogens is 168 g/mol. The van der Waals surface area contributed by atoms with E-state index < -0.39 is 0 Å². The Kier molecular flexibility index (Phi) is 1.84. The van der Waals surface area contributed by atoms with Gasteiger partial charge >= 0.3 is 0 Å². The van der Waals surface area contributed by atoms with Gasteiger partial charge in [0.2, 0.25) is 0 Å². The summed E-state index contributed by atoms with van der Waals surface area (Å²) in [6.45, 7) is 0. The highest BCUT2D eigenvalue weighted by Crippen LogP contribution is 2.21. The first-order valence-electron chi connectivity index (χ1n) is 3.73. The van der Waals surface area contributed by atoms with E-state index in [1.54, 1.807) is 24.5 Å². The highest BCUT2D eigenvalue weighted by atomic mass is 16.5. The highest BCUT2D eigenvalue weighted by molar-refractivity contribution is 5.42. The van der Waals surface area contributed by atoms with Crippen LogP contribution in [-0.4, -0.2) is 15.0 Å². The van der Waals surface area contributed by atoms with E-state index in [1.165, 1.54) is 6.33 Å². The summed E-state index contributed by atoms with van der Waals surface area (Å²) in [7, 11) is 0. The lowest BCUT2D eigenvalue weighted by Crippen LogP contribution is -1.90. The Morgan fingerprint density at radius 3 is 3.00 bits per heavy atom. The number of rotatable bonds is 2. The Labute approximate surface area is 74.6 Å². The first-order chi connectivity index (χ1) is 6.36. The minimum absolute atomic E-state index is 0.369. The summed E-state index contributed by atoms with van der Waals surface area (Å²) in [6, 6.07) is 3.55. The van der Waals surface area contributed by atoms with Crippen LogP contribution >= 0.6 is 0 Å². The molecule has 2 rings (SSSR count). The lowest BCUT2D eigenvalue weighted by atomic mass is 10.5. The van der Waals surface area contributed by atoms with Crippen molar-refractivity contribution in [2.45, 2.75) is 0 Å². The summed E-state index contributed by atoms with van der Waals surface area (Å²) >= 11 is 0. The topological polar surface area (TPSA) is 76.8 Å². The third-order valence-corrected chi connectivity index (χ3v) is 1.48. The summed E-state index contributed by atoms with van der Waals surface area (Å²) in [5.74, 6) is 1.39. The highest BCUT2D eigenvalue weighted by Gasteiger charge is 2.03. The van der Waals surface area contributed by atoms with Gasteiger partial charge in [0.25, 0.3) is 5.88 Å². The molecule has 0 aliphatic heterocycles. The standard InChI is InChI=1S/C8H8N4O/c9-7-8(12-5-11-7)13-6-2-1-3-10-4-6/h1-5H,9H2,(H,11,12). The molecule has 3 N–H and O–H groups in total. The van der Waals surface area contributed by atoms with E-state index in [2.05, 4.69) is 15.0 Å². The Hall–Kier alpha value is -2.04. The Balaban J connectivity index is 2.20. The van der Waals surface area contributed by atoms with Gasteiger partial charge in [-0.05, 0) is 12.1 Å². The molecule has 0 fully saturated rings. The summed E-state index contributed by atoms with van der Waals surface area (Å²) in [5, 5.41) is 0. The molecule has 13 heavy (non-hydrogen) atoms. The van der Waals surface area contributed by atoms with Crippen molar-refractivity contribution < 1.29 is 4.74 Å². The summed E-state index contributed by atoms with van der Waals surface area (Å²) in [5.41, 5.74) is 5.52. The van der Waals surface area contributed by atoms with Crippen molar-refractivity contribution in [3.8, 4) is 11.6 Å². The van der Waals surface area contributed by atoms with Gasteiger partial charge in [0.1, 0.15) is 5.75 Å². The number of aromatic nitrogens is 3. The number of hydrogen-bond acceptors (Lipinski definition) is 4. The van der Waals surface area contributed by atoms with Gasteiger partial charge in [-0.25, -0.2) is 4.98 Å². The molecule has 0 aromatic carbocycles. The normalized spacial score (nSPS) is 9.85. The predicted octanol–water partition coefficient (Wildman–Crippen LogP) is 1.18. The van der Waals surface area contributed by atoms with Crippen molar-refractivity contribution >= 4 is 5.82 Å². The van der Waals surface area contributed by atoms with E-state index in [-0.39, 0.29) is 0 Å². The number of nitrogens with two attached hydrogens (primary N) is 1. The molecule has 0 bridgehead atoms. The third kappa shape index (κ3) is 1.58. The minimum atomic E-state index is 0.369. The molecule has 0 radical (unpaired) electrons. The minimum Gasteiger partial charge on any atom is -0.434 e. The van der Waals surface area contributed by atoms with Crippen LogP contribution in [0, 0.1) is 0 Å². The summed E-state index contributed by atoms with van der Waals surface area (Å²) < 4.78 is 5.32. The molecule has 2 aromatic heterocycles. The fourth-order valence-corrected chi connectivity index (χ4v) is 0.892. The zero-order valence-electron chi connectivity index (χ0n) is 6.77. The monoisotopic (exact) mass is 176 g/mol. The second-order valence-electron chi connectivity index (χ2n) is 2.41. The van der Waals surface area contributed by atoms with E-state index in [9.17, 15) is 0 Å². The van der Waals surface area contributed by atoms with Gasteiger partial charge in [-0.15, -0.1) is 0 Å². The summed E-state index contributed by atoms with van der Waals surface area (Å²) in [4.78, 5) is 10.5. The number of nitrogen functional groups attached to an aromatic ring is 1. The number of nitrogens with one attached hydrogen (secondary N) is 1. The second-order valence-corrected chi connectivity index (χ2v) is 2.41. The zero-order valence-corrected chi connectivity index (χ0v) is 6.77. The Morgan fingerprint density at radius 1 is 1.46 bits per heavy atom. The number of ether oxygens (including phenoxy) is 1. The zero-order chi connectivity index (χ0) is 9.10. The molecular formula is C8H8N4O. The van der Waals surface area contributed by atoms with Crippen molar-refractivity contribution in [2.24, 2.45) is 0 Å². The van der Waals surface area contributed by atoms with Gasteiger partial charge in [0.05, 0.1) is 12.5 Å². The van der Waals surface area contributed by atoms with Crippen LogP contribution in [0.3, 0.4) is 0 Å². The van der Waals surface area contributed by atoms with Gasteiger partial charge in [0, 0.05) is 6.20 Å².